The predicted molar refractivity (Wildman–Crippen MR) is 81.6 cm³/mol. The second-order valence-corrected chi connectivity index (χ2v) is 5.28. The fourth-order valence-corrected chi connectivity index (χ4v) is 2.45. The molecule has 1 unspecified atom stereocenters. The number of nitrogens with zero attached hydrogens (tertiary/aromatic N) is 2. The first kappa shape index (κ1) is 13.6. The van der Waals surface area contributed by atoms with Gasteiger partial charge in [-0.1, -0.05) is 13.0 Å². The Morgan fingerprint density at radius 1 is 1.37 bits per heavy atom. The molecule has 0 bridgehead atoms. The molecular formula is C13H19N5S. The Labute approximate surface area is 117 Å². The summed E-state index contributed by atoms with van der Waals surface area (Å²) in [5.41, 5.74) is 5.73. The zero-order chi connectivity index (χ0) is 13.7. The largest absolute Gasteiger partial charge is 0.370 e. The van der Waals surface area contributed by atoms with E-state index in [2.05, 4.69) is 45.9 Å². The number of hydrogen-bond acceptors (Lipinski definition) is 6. The molecule has 2 aromatic rings. The molecule has 2 rings (SSSR count). The Hall–Kier alpha value is -1.82. The molecule has 0 aliphatic heterocycles. The summed E-state index contributed by atoms with van der Waals surface area (Å²) in [7, 11) is 0. The maximum atomic E-state index is 5.73. The quantitative estimate of drug-likeness (QED) is 0.756. The van der Waals surface area contributed by atoms with Gasteiger partial charge in [0.15, 0.2) is 0 Å². The highest BCUT2D eigenvalue weighted by atomic mass is 32.1. The lowest BCUT2D eigenvalue weighted by molar-refractivity contribution is 0.893. The molecule has 4 N–H and O–H groups in total. The van der Waals surface area contributed by atoms with Gasteiger partial charge in [-0.2, -0.15) is 9.97 Å². The molecule has 0 aliphatic rings. The van der Waals surface area contributed by atoms with Crippen molar-refractivity contribution in [2.45, 2.75) is 26.3 Å². The molecule has 2 heterocycles. The standard InChI is InChI=1S/C13H19N5S/c1-3-6-15-11-8-12(18-13(14)17-11)16-9(2)10-5-4-7-19-10/h4-5,7-9H,3,6H2,1-2H3,(H4,14,15,16,17,18). The average molecular weight is 277 g/mol. The summed E-state index contributed by atoms with van der Waals surface area (Å²) in [5, 5.41) is 8.62. The van der Waals surface area contributed by atoms with Crippen LogP contribution in [0.1, 0.15) is 31.2 Å². The van der Waals surface area contributed by atoms with E-state index in [1.165, 1.54) is 4.88 Å². The summed E-state index contributed by atoms with van der Waals surface area (Å²) in [6, 6.07) is 6.23. The van der Waals surface area contributed by atoms with Gasteiger partial charge in [0.2, 0.25) is 5.95 Å². The van der Waals surface area contributed by atoms with Crippen LogP contribution in [0.25, 0.3) is 0 Å². The number of thiophene rings is 1. The molecule has 19 heavy (non-hydrogen) atoms. The third kappa shape index (κ3) is 3.82. The minimum atomic E-state index is 0.202. The first-order valence-electron chi connectivity index (χ1n) is 6.37. The van der Waals surface area contributed by atoms with E-state index in [9.17, 15) is 0 Å². The lowest BCUT2D eigenvalue weighted by atomic mass is 10.3. The first-order valence-corrected chi connectivity index (χ1v) is 7.25. The fourth-order valence-electron chi connectivity index (χ4n) is 1.71. The van der Waals surface area contributed by atoms with Crippen molar-refractivity contribution in [3.05, 3.63) is 28.5 Å². The van der Waals surface area contributed by atoms with Crippen LogP contribution in [-0.4, -0.2) is 16.5 Å². The Kier molecular flexibility index (Phi) is 4.57. The van der Waals surface area contributed by atoms with Gasteiger partial charge in [0, 0.05) is 17.5 Å². The summed E-state index contributed by atoms with van der Waals surface area (Å²) < 4.78 is 0. The van der Waals surface area contributed by atoms with Crippen molar-refractivity contribution in [1.29, 1.82) is 0 Å². The third-order valence-electron chi connectivity index (χ3n) is 2.63. The van der Waals surface area contributed by atoms with E-state index in [0.717, 1.165) is 24.6 Å². The Bertz CT molecular complexity index is 512. The maximum absolute atomic E-state index is 5.73. The van der Waals surface area contributed by atoms with Crippen LogP contribution in [-0.2, 0) is 0 Å². The van der Waals surface area contributed by atoms with Crippen LogP contribution in [0, 0.1) is 0 Å². The number of nitrogens with two attached hydrogens (primary N) is 1. The van der Waals surface area contributed by atoms with Gasteiger partial charge < -0.3 is 16.4 Å². The van der Waals surface area contributed by atoms with E-state index in [1.807, 2.05) is 12.1 Å². The van der Waals surface area contributed by atoms with Gasteiger partial charge in [-0.25, -0.2) is 0 Å². The lowest BCUT2D eigenvalue weighted by Crippen LogP contribution is -2.10. The molecule has 0 saturated heterocycles. The van der Waals surface area contributed by atoms with Crippen molar-refractivity contribution in [1.82, 2.24) is 9.97 Å². The second-order valence-electron chi connectivity index (χ2n) is 4.30. The molecular weight excluding hydrogens is 258 g/mol. The van der Waals surface area contributed by atoms with E-state index in [4.69, 9.17) is 5.73 Å². The monoisotopic (exact) mass is 277 g/mol. The van der Waals surface area contributed by atoms with Crippen LogP contribution < -0.4 is 16.4 Å². The minimum Gasteiger partial charge on any atom is -0.370 e. The van der Waals surface area contributed by atoms with Gasteiger partial charge in [-0.05, 0) is 24.8 Å². The summed E-state index contributed by atoms with van der Waals surface area (Å²) in [6.45, 7) is 5.08. The number of nitrogens with one attached hydrogen (secondary N) is 2. The second kappa shape index (κ2) is 6.38. The summed E-state index contributed by atoms with van der Waals surface area (Å²) in [5.74, 6) is 1.78. The SMILES string of the molecule is CCCNc1cc(NC(C)c2cccs2)nc(N)n1. The van der Waals surface area contributed by atoms with Crippen LogP contribution in [0.15, 0.2) is 23.6 Å². The van der Waals surface area contributed by atoms with Crippen LogP contribution in [0.3, 0.4) is 0 Å². The normalized spacial score (nSPS) is 12.1. The van der Waals surface area contributed by atoms with Crippen molar-refractivity contribution in [2.75, 3.05) is 22.9 Å². The fraction of sp³-hybridized carbons (Fsp3) is 0.385. The molecule has 102 valence electrons. The zero-order valence-corrected chi connectivity index (χ0v) is 12.0. The van der Waals surface area contributed by atoms with Gasteiger partial charge >= 0.3 is 0 Å². The Morgan fingerprint density at radius 2 is 2.16 bits per heavy atom. The highest BCUT2D eigenvalue weighted by molar-refractivity contribution is 7.10. The summed E-state index contributed by atoms with van der Waals surface area (Å²) >= 11 is 1.72. The number of nitrogen functional groups attached to an aromatic ring is 1. The first-order chi connectivity index (χ1) is 9.19. The molecule has 1 atom stereocenters. The molecule has 0 spiro atoms. The molecule has 0 saturated carbocycles. The molecule has 0 amide bonds. The van der Waals surface area contributed by atoms with E-state index < -0.39 is 0 Å². The number of hydrogen-bond donors (Lipinski definition) is 3. The van der Waals surface area contributed by atoms with Crippen molar-refractivity contribution < 1.29 is 0 Å². The third-order valence-corrected chi connectivity index (χ3v) is 3.69. The smallest absolute Gasteiger partial charge is 0.223 e. The van der Waals surface area contributed by atoms with Crippen molar-refractivity contribution in [2.24, 2.45) is 0 Å². The van der Waals surface area contributed by atoms with Crippen molar-refractivity contribution >= 4 is 28.9 Å². The molecule has 0 fully saturated rings. The highest BCUT2D eigenvalue weighted by Gasteiger charge is 2.08. The van der Waals surface area contributed by atoms with Gasteiger partial charge in [-0.3, -0.25) is 0 Å². The van der Waals surface area contributed by atoms with E-state index in [1.54, 1.807) is 11.3 Å². The van der Waals surface area contributed by atoms with Gasteiger partial charge in [0.05, 0.1) is 6.04 Å². The number of aromatic nitrogens is 2. The van der Waals surface area contributed by atoms with Crippen molar-refractivity contribution in [3.63, 3.8) is 0 Å². The lowest BCUT2D eigenvalue weighted by Gasteiger charge is -2.14. The molecule has 0 aliphatic carbocycles. The Balaban J connectivity index is 2.09. The molecule has 0 radical (unpaired) electrons. The van der Waals surface area contributed by atoms with E-state index >= 15 is 0 Å². The Morgan fingerprint density at radius 3 is 2.84 bits per heavy atom. The van der Waals surface area contributed by atoms with Crippen LogP contribution in [0.5, 0.6) is 0 Å². The van der Waals surface area contributed by atoms with Crippen molar-refractivity contribution in [3.8, 4) is 0 Å². The molecule has 6 heteroatoms. The molecule has 5 nitrogen and oxygen atoms in total. The topological polar surface area (TPSA) is 75.9 Å². The van der Waals surface area contributed by atoms with E-state index in [0.29, 0.717) is 0 Å². The van der Waals surface area contributed by atoms with Gasteiger partial charge in [0.25, 0.3) is 0 Å². The number of rotatable bonds is 6. The van der Waals surface area contributed by atoms with Crippen LogP contribution in [0.4, 0.5) is 17.6 Å². The zero-order valence-electron chi connectivity index (χ0n) is 11.2. The number of anilines is 3. The van der Waals surface area contributed by atoms with E-state index in [-0.39, 0.29) is 12.0 Å². The average Bonchev–Trinajstić information content (AvgIpc) is 2.89. The highest BCUT2D eigenvalue weighted by Crippen LogP contribution is 2.23. The molecule has 0 aromatic carbocycles. The summed E-state index contributed by atoms with van der Waals surface area (Å²) in [6.07, 6.45) is 1.04. The summed E-state index contributed by atoms with van der Waals surface area (Å²) in [4.78, 5) is 9.64. The van der Waals surface area contributed by atoms with Gasteiger partial charge in [0.1, 0.15) is 11.6 Å². The maximum Gasteiger partial charge on any atom is 0.223 e. The van der Waals surface area contributed by atoms with Crippen LogP contribution >= 0.6 is 11.3 Å². The minimum absolute atomic E-state index is 0.202. The predicted octanol–water partition coefficient (Wildman–Crippen LogP) is 3.12. The molecule has 2 aromatic heterocycles. The van der Waals surface area contributed by atoms with Gasteiger partial charge in [-0.15, -0.1) is 11.3 Å². The van der Waals surface area contributed by atoms with Crippen LogP contribution in [0.2, 0.25) is 0 Å².